The number of ether oxygens (including phenoxy) is 2. The molecule has 0 bridgehead atoms. The number of carboxylic acid groups (broad SMARTS) is 1. The van der Waals surface area contributed by atoms with Gasteiger partial charge in [0.2, 0.25) is 0 Å². The zero-order valence-corrected chi connectivity index (χ0v) is 11.3. The second-order valence-corrected chi connectivity index (χ2v) is 4.54. The highest BCUT2D eigenvalue weighted by Crippen LogP contribution is 2.28. The number of nitrogens with zero attached hydrogens (tertiary/aromatic N) is 1. The summed E-state index contributed by atoms with van der Waals surface area (Å²) >= 11 is 0. The number of methoxy groups -OCH3 is 1. The first kappa shape index (κ1) is 13.7. The van der Waals surface area contributed by atoms with Crippen LogP contribution in [0.25, 0.3) is 0 Å². The zero-order valence-electron chi connectivity index (χ0n) is 11.3. The van der Waals surface area contributed by atoms with Crippen LogP contribution in [0.15, 0.2) is 18.2 Å². The standard InChI is InChI=1S/C14H19NO4/c1-3-10-9-15(6-7-19-10)13-8-11(18-2)4-5-12(13)14(16)17/h4-5,8,10H,3,6-7,9H2,1-2H3,(H,16,17). The molecule has 1 fully saturated rings. The molecule has 0 aliphatic carbocycles. The molecule has 19 heavy (non-hydrogen) atoms. The Hall–Kier alpha value is -1.75. The SMILES string of the molecule is CCC1CN(c2cc(OC)ccc2C(=O)O)CCO1. The van der Waals surface area contributed by atoms with E-state index in [1.165, 1.54) is 0 Å². The molecule has 1 N–H and O–H groups in total. The molecule has 0 aromatic heterocycles. The monoisotopic (exact) mass is 265 g/mol. The normalized spacial score (nSPS) is 19.3. The van der Waals surface area contributed by atoms with Gasteiger partial charge < -0.3 is 19.5 Å². The van der Waals surface area contributed by atoms with Crippen LogP contribution in [0.4, 0.5) is 5.69 Å². The summed E-state index contributed by atoms with van der Waals surface area (Å²) in [6.45, 7) is 4.10. The van der Waals surface area contributed by atoms with Crippen molar-refractivity contribution in [1.29, 1.82) is 0 Å². The van der Waals surface area contributed by atoms with E-state index in [0.29, 0.717) is 36.7 Å². The van der Waals surface area contributed by atoms with Crippen LogP contribution >= 0.6 is 0 Å². The predicted octanol–water partition coefficient (Wildman–Crippen LogP) is 2.01. The van der Waals surface area contributed by atoms with Crippen LogP contribution < -0.4 is 9.64 Å². The van der Waals surface area contributed by atoms with E-state index in [-0.39, 0.29) is 6.10 Å². The Morgan fingerprint density at radius 1 is 1.58 bits per heavy atom. The molecule has 104 valence electrons. The first-order valence-electron chi connectivity index (χ1n) is 6.43. The smallest absolute Gasteiger partial charge is 0.337 e. The van der Waals surface area contributed by atoms with E-state index in [0.717, 1.165) is 6.42 Å². The number of benzene rings is 1. The molecule has 1 aromatic carbocycles. The Morgan fingerprint density at radius 2 is 2.37 bits per heavy atom. The maximum Gasteiger partial charge on any atom is 0.337 e. The second kappa shape index (κ2) is 5.93. The number of anilines is 1. The molecule has 1 atom stereocenters. The minimum Gasteiger partial charge on any atom is -0.497 e. The third kappa shape index (κ3) is 2.98. The summed E-state index contributed by atoms with van der Waals surface area (Å²) in [4.78, 5) is 13.4. The summed E-state index contributed by atoms with van der Waals surface area (Å²) in [7, 11) is 1.58. The molecule has 1 saturated heterocycles. The molecule has 1 aliphatic heterocycles. The molecule has 0 radical (unpaired) electrons. The van der Waals surface area contributed by atoms with Gasteiger partial charge in [-0.2, -0.15) is 0 Å². The van der Waals surface area contributed by atoms with E-state index in [2.05, 4.69) is 11.8 Å². The van der Waals surface area contributed by atoms with E-state index in [1.807, 2.05) is 0 Å². The number of carboxylic acids is 1. The van der Waals surface area contributed by atoms with Crippen molar-refractivity contribution in [3.05, 3.63) is 23.8 Å². The van der Waals surface area contributed by atoms with Crippen LogP contribution in [0.1, 0.15) is 23.7 Å². The molecule has 1 aromatic rings. The van der Waals surface area contributed by atoms with Gasteiger partial charge in [-0.15, -0.1) is 0 Å². The Labute approximate surface area is 112 Å². The fourth-order valence-electron chi connectivity index (χ4n) is 2.27. The maximum absolute atomic E-state index is 11.3. The minimum absolute atomic E-state index is 0.154. The van der Waals surface area contributed by atoms with E-state index >= 15 is 0 Å². The van der Waals surface area contributed by atoms with Gasteiger partial charge in [-0.1, -0.05) is 6.92 Å². The average Bonchev–Trinajstić information content (AvgIpc) is 2.46. The van der Waals surface area contributed by atoms with Crippen LogP contribution in [0, 0.1) is 0 Å². The fraction of sp³-hybridized carbons (Fsp3) is 0.500. The Morgan fingerprint density at radius 3 is 3.00 bits per heavy atom. The van der Waals surface area contributed by atoms with Gasteiger partial charge in [0.05, 0.1) is 31.1 Å². The van der Waals surface area contributed by atoms with E-state index in [1.54, 1.807) is 25.3 Å². The number of hydrogen-bond donors (Lipinski definition) is 1. The highest BCUT2D eigenvalue weighted by atomic mass is 16.5. The molecule has 0 spiro atoms. The fourth-order valence-corrected chi connectivity index (χ4v) is 2.27. The molecule has 0 amide bonds. The minimum atomic E-state index is -0.919. The zero-order chi connectivity index (χ0) is 13.8. The summed E-state index contributed by atoms with van der Waals surface area (Å²) in [6.07, 6.45) is 1.07. The Kier molecular flexibility index (Phi) is 4.27. The largest absolute Gasteiger partial charge is 0.497 e. The number of carbonyl (C=O) groups is 1. The van der Waals surface area contributed by atoms with Gasteiger partial charge in [0.25, 0.3) is 0 Å². The maximum atomic E-state index is 11.3. The lowest BCUT2D eigenvalue weighted by atomic mass is 10.1. The molecule has 1 unspecified atom stereocenters. The summed E-state index contributed by atoms with van der Waals surface area (Å²) in [6, 6.07) is 5.04. The van der Waals surface area contributed by atoms with Gasteiger partial charge in [-0.25, -0.2) is 4.79 Å². The van der Waals surface area contributed by atoms with Crippen LogP contribution in [0.5, 0.6) is 5.75 Å². The van der Waals surface area contributed by atoms with E-state index < -0.39 is 5.97 Å². The Bertz CT molecular complexity index is 461. The topological polar surface area (TPSA) is 59.0 Å². The van der Waals surface area contributed by atoms with Crippen molar-refractivity contribution in [3.8, 4) is 5.75 Å². The molecule has 1 aliphatic rings. The molecular formula is C14H19NO4. The summed E-state index contributed by atoms with van der Waals surface area (Å²) in [5.41, 5.74) is 1.01. The van der Waals surface area contributed by atoms with Crippen LogP contribution in [-0.4, -0.2) is 44.0 Å². The van der Waals surface area contributed by atoms with Crippen molar-refractivity contribution in [3.63, 3.8) is 0 Å². The number of morpholine rings is 1. The lowest BCUT2D eigenvalue weighted by Gasteiger charge is -2.35. The summed E-state index contributed by atoms with van der Waals surface area (Å²) in [5, 5.41) is 9.28. The average molecular weight is 265 g/mol. The van der Waals surface area contributed by atoms with Crippen LogP contribution in [-0.2, 0) is 4.74 Å². The van der Waals surface area contributed by atoms with Crippen molar-refractivity contribution in [2.75, 3.05) is 31.7 Å². The predicted molar refractivity (Wildman–Crippen MR) is 72.2 cm³/mol. The van der Waals surface area contributed by atoms with Gasteiger partial charge in [0.15, 0.2) is 0 Å². The van der Waals surface area contributed by atoms with E-state index in [9.17, 15) is 9.90 Å². The number of rotatable bonds is 4. The third-order valence-electron chi connectivity index (χ3n) is 3.37. The molecule has 1 heterocycles. The highest BCUT2D eigenvalue weighted by molar-refractivity contribution is 5.94. The first-order valence-corrected chi connectivity index (χ1v) is 6.43. The first-order chi connectivity index (χ1) is 9.15. The third-order valence-corrected chi connectivity index (χ3v) is 3.37. The van der Waals surface area contributed by atoms with Crippen molar-refractivity contribution < 1.29 is 19.4 Å². The van der Waals surface area contributed by atoms with Crippen molar-refractivity contribution in [1.82, 2.24) is 0 Å². The highest BCUT2D eigenvalue weighted by Gasteiger charge is 2.23. The lowest BCUT2D eigenvalue weighted by molar-refractivity contribution is 0.0382. The van der Waals surface area contributed by atoms with Gasteiger partial charge in [0.1, 0.15) is 5.75 Å². The van der Waals surface area contributed by atoms with Crippen molar-refractivity contribution >= 4 is 11.7 Å². The summed E-state index contributed by atoms with van der Waals surface area (Å²) < 4.78 is 10.8. The van der Waals surface area contributed by atoms with Crippen LogP contribution in [0.3, 0.4) is 0 Å². The quantitative estimate of drug-likeness (QED) is 0.902. The molecule has 0 saturated carbocycles. The van der Waals surface area contributed by atoms with Gasteiger partial charge in [-0.3, -0.25) is 0 Å². The molecule has 5 nitrogen and oxygen atoms in total. The van der Waals surface area contributed by atoms with Gasteiger partial charge >= 0.3 is 5.97 Å². The number of hydrogen-bond acceptors (Lipinski definition) is 4. The second-order valence-electron chi connectivity index (χ2n) is 4.54. The van der Waals surface area contributed by atoms with Crippen molar-refractivity contribution in [2.45, 2.75) is 19.4 Å². The Balaban J connectivity index is 2.32. The molecule has 2 rings (SSSR count). The molecule has 5 heteroatoms. The van der Waals surface area contributed by atoms with Crippen LogP contribution in [0.2, 0.25) is 0 Å². The van der Waals surface area contributed by atoms with Crippen molar-refractivity contribution in [2.24, 2.45) is 0 Å². The van der Waals surface area contributed by atoms with Gasteiger partial charge in [0, 0.05) is 19.2 Å². The molecular weight excluding hydrogens is 246 g/mol. The lowest BCUT2D eigenvalue weighted by Crippen LogP contribution is -2.42. The van der Waals surface area contributed by atoms with E-state index in [4.69, 9.17) is 9.47 Å². The van der Waals surface area contributed by atoms with Gasteiger partial charge in [-0.05, 0) is 18.6 Å². The summed E-state index contributed by atoms with van der Waals surface area (Å²) in [5.74, 6) is -0.253. The number of aromatic carboxylic acids is 1.